The molecule has 0 spiro atoms. The Morgan fingerprint density at radius 1 is 1.35 bits per heavy atom. The van der Waals surface area contributed by atoms with Crippen molar-refractivity contribution in [3.05, 3.63) is 30.3 Å². The molecule has 1 fully saturated rings. The Morgan fingerprint density at radius 2 is 2.05 bits per heavy atom. The molecule has 1 aromatic rings. The van der Waals surface area contributed by atoms with Gasteiger partial charge in [-0.25, -0.2) is 0 Å². The summed E-state index contributed by atoms with van der Waals surface area (Å²) in [5, 5.41) is 12.9. The summed E-state index contributed by atoms with van der Waals surface area (Å²) in [4.78, 5) is 6.33. The zero-order valence-electron chi connectivity index (χ0n) is 11.5. The minimum Gasteiger partial charge on any atom is -0.390 e. The number of nitrogens with one attached hydrogen (secondary N) is 1. The van der Waals surface area contributed by atoms with Gasteiger partial charge in [0.2, 0.25) is 0 Å². The number of rotatable bonds is 5. The number of aliphatic imine (C=N–C) groups is 1. The molecule has 0 aliphatic carbocycles. The number of anilines is 1. The highest BCUT2D eigenvalue weighted by Gasteiger charge is 2.14. The van der Waals surface area contributed by atoms with Crippen molar-refractivity contribution in [1.82, 2.24) is 4.90 Å². The number of morpholine rings is 1. The van der Waals surface area contributed by atoms with E-state index in [0.717, 1.165) is 32.0 Å². The van der Waals surface area contributed by atoms with Crippen molar-refractivity contribution in [3.63, 3.8) is 0 Å². The summed E-state index contributed by atoms with van der Waals surface area (Å²) in [6.45, 7) is 4.08. The van der Waals surface area contributed by atoms with E-state index < -0.39 is 6.10 Å². The lowest BCUT2D eigenvalue weighted by Gasteiger charge is -2.28. The maximum absolute atomic E-state index is 9.94. The van der Waals surface area contributed by atoms with E-state index in [1.807, 2.05) is 30.3 Å². The van der Waals surface area contributed by atoms with E-state index >= 15 is 0 Å². The summed E-state index contributed by atoms with van der Waals surface area (Å²) in [5.74, 6) is 0.317. The zero-order valence-corrected chi connectivity index (χ0v) is 11.5. The molecule has 110 valence electrons. The lowest BCUT2D eigenvalue weighted by Crippen LogP contribution is -2.42. The Labute approximate surface area is 119 Å². The van der Waals surface area contributed by atoms with Crippen LogP contribution in [0.4, 0.5) is 5.69 Å². The molecule has 4 N–H and O–H groups in total. The fourth-order valence-corrected chi connectivity index (χ4v) is 2.05. The number of hydrogen-bond donors (Lipinski definition) is 3. The van der Waals surface area contributed by atoms with Crippen LogP contribution in [0.25, 0.3) is 0 Å². The third-order valence-corrected chi connectivity index (χ3v) is 3.09. The number of benzene rings is 1. The van der Waals surface area contributed by atoms with Crippen LogP contribution in [0.3, 0.4) is 0 Å². The zero-order chi connectivity index (χ0) is 14.2. The van der Waals surface area contributed by atoms with E-state index in [2.05, 4.69) is 15.2 Å². The van der Waals surface area contributed by atoms with Crippen molar-refractivity contribution in [2.24, 2.45) is 10.7 Å². The Bertz CT molecular complexity index is 418. The van der Waals surface area contributed by atoms with Gasteiger partial charge < -0.3 is 20.9 Å². The van der Waals surface area contributed by atoms with E-state index in [1.54, 1.807) is 0 Å². The van der Waals surface area contributed by atoms with Gasteiger partial charge in [0.1, 0.15) is 0 Å². The molecule has 1 heterocycles. The molecule has 0 amide bonds. The minimum absolute atomic E-state index is 0.295. The Kier molecular flexibility index (Phi) is 5.79. The van der Waals surface area contributed by atoms with Gasteiger partial charge in [0.15, 0.2) is 5.96 Å². The van der Waals surface area contributed by atoms with Crippen LogP contribution in [0.2, 0.25) is 0 Å². The summed E-state index contributed by atoms with van der Waals surface area (Å²) < 4.78 is 5.27. The fourth-order valence-electron chi connectivity index (χ4n) is 2.05. The first-order chi connectivity index (χ1) is 9.74. The molecule has 1 aromatic carbocycles. The molecular formula is C14H22N4O2. The maximum atomic E-state index is 9.94. The minimum atomic E-state index is -0.510. The lowest BCUT2D eigenvalue weighted by molar-refractivity contribution is 0.0165. The number of nitrogens with zero attached hydrogens (tertiary/aromatic N) is 2. The highest BCUT2D eigenvalue weighted by molar-refractivity contribution is 5.92. The van der Waals surface area contributed by atoms with E-state index in [1.165, 1.54) is 0 Å². The number of hydrogen-bond acceptors (Lipinski definition) is 4. The van der Waals surface area contributed by atoms with Crippen molar-refractivity contribution < 1.29 is 9.84 Å². The van der Waals surface area contributed by atoms with E-state index in [4.69, 9.17) is 10.5 Å². The molecular weight excluding hydrogens is 256 g/mol. The van der Waals surface area contributed by atoms with Crippen molar-refractivity contribution in [2.75, 3.05) is 44.7 Å². The second-order valence-corrected chi connectivity index (χ2v) is 4.78. The molecule has 0 radical (unpaired) electrons. The largest absolute Gasteiger partial charge is 0.390 e. The molecule has 6 nitrogen and oxygen atoms in total. The smallest absolute Gasteiger partial charge is 0.193 e. The van der Waals surface area contributed by atoms with Crippen LogP contribution in [0.1, 0.15) is 0 Å². The monoisotopic (exact) mass is 278 g/mol. The average molecular weight is 278 g/mol. The number of β-amino-alcohol motifs (C(OH)–C–C–N with tert-alkyl or cyclic N) is 1. The number of para-hydroxylation sites is 1. The van der Waals surface area contributed by atoms with Gasteiger partial charge in [0.05, 0.1) is 25.9 Å². The molecule has 2 rings (SSSR count). The van der Waals surface area contributed by atoms with Crippen LogP contribution in [-0.2, 0) is 4.74 Å². The summed E-state index contributed by atoms with van der Waals surface area (Å²) in [7, 11) is 0. The molecule has 0 aromatic heterocycles. The molecule has 0 saturated carbocycles. The number of aliphatic hydroxyl groups excluding tert-OH is 1. The Morgan fingerprint density at radius 3 is 2.75 bits per heavy atom. The first kappa shape index (κ1) is 14.8. The molecule has 1 saturated heterocycles. The number of nitrogens with two attached hydrogens (primary N) is 1. The first-order valence-corrected chi connectivity index (χ1v) is 6.84. The third kappa shape index (κ3) is 5.16. The van der Waals surface area contributed by atoms with Crippen LogP contribution in [0.15, 0.2) is 35.3 Å². The van der Waals surface area contributed by atoms with E-state index in [-0.39, 0.29) is 0 Å². The van der Waals surface area contributed by atoms with Gasteiger partial charge in [0, 0.05) is 25.3 Å². The standard InChI is InChI=1S/C14H22N4O2/c15-14(17-12-4-2-1-3-5-12)16-10-13(19)11-18-6-8-20-9-7-18/h1-5,13,19H,6-11H2,(H3,15,16,17). The quantitative estimate of drug-likeness (QED) is 0.526. The summed E-state index contributed by atoms with van der Waals surface area (Å²) in [5.41, 5.74) is 6.67. The van der Waals surface area contributed by atoms with Gasteiger partial charge in [-0.2, -0.15) is 0 Å². The van der Waals surface area contributed by atoms with Crippen LogP contribution in [-0.4, -0.2) is 61.5 Å². The number of guanidine groups is 1. The molecule has 1 atom stereocenters. The predicted molar refractivity (Wildman–Crippen MR) is 79.8 cm³/mol. The van der Waals surface area contributed by atoms with Crippen molar-refractivity contribution >= 4 is 11.6 Å². The van der Waals surface area contributed by atoms with Crippen molar-refractivity contribution in [3.8, 4) is 0 Å². The van der Waals surface area contributed by atoms with Crippen LogP contribution >= 0.6 is 0 Å². The second-order valence-electron chi connectivity index (χ2n) is 4.78. The summed E-state index contributed by atoms with van der Waals surface area (Å²) >= 11 is 0. The van der Waals surface area contributed by atoms with Gasteiger partial charge in [-0.05, 0) is 12.1 Å². The van der Waals surface area contributed by atoms with Crippen molar-refractivity contribution in [1.29, 1.82) is 0 Å². The Balaban J connectivity index is 1.73. The van der Waals surface area contributed by atoms with Gasteiger partial charge >= 0.3 is 0 Å². The number of aliphatic hydroxyl groups is 1. The van der Waals surface area contributed by atoms with Gasteiger partial charge in [0.25, 0.3) is 0 Å². The molecule has 0 bridgehead atoms. The van der Waals surface area contributed by atoms with Crippen LogP contribution in [0.5, 0.6) is 0 Å². The third-order valence-electron chi connectivity index (χ3n) is 3.09. The molecule has 1 aliphatic rings. The topological polar surface area (TPSA) is 83.1 Å². The van der Waals surface area contributed by atoms with Gasteiger partial charge in [-0.3, -0.25) is 9.89 Å². The maximum Gasteiger partial charge on any atom is 0.193 e. The highest BCUT2D eigenvalue weighted by atomic mass is 16.5. The average Bonchev–Trinajstić information content (AvgIpc) is 2.47. The summed E-state index contributed by atoms with van der Waals surface area (Å²) in [6, 6.07) is 9.59. The molecule has 1 unspecified atom stereocenters. The van der Waals surface area contributed by atoms with Gasteiger partial charge in [-0.1, -0.05) is 18.2 Å². The normalized spacial score (nSPS) is 18.8. The first-order valence-electron chi connectivity index (χ1n) is 6.84. The van der Waals surface area contributed by atoms with Crippen LogP contribution < -0.4 is 11.1 Å². The SMILES string of the molecule is NC(=NCC(O)CN1CCOCC1)Nc1ccccc1. The lowest BCUT2D eigenvalue weighted by atomic mass is 10.3. The summed E-state index contributed by atoms with van der Waals surface area (Å²) in [6.07, 6.45) is -0.510. The fraction of sp³-hybridized carbons (Fsp3) is 0.500. The predicted octanol–water partition coefficient (Wildman–Crippen LogP) is 0.106. The molecule has 20 heavy (non-hydrogen) atoms. The van der Waals surface area contributed by atoms with Crippen molar-refractivity contribution in [2.45, 2.75) is 6.10 Å². The Hall–Kier alpha value is -1.63. The highest BCUT2D eigenvalue weighted by Crippen LogP contribution is 2.04. The van der Waals surface area contributed by atoms with E-state index in [0.29, 0.717) is 19.0 Å². The molecule has 6 heteroatoms. The van der Waals surface area contributed by atoms with Gasteiger partial charge in [-0.15, -0.1) is 0 Å². The number of ether oxygens (including phenoxy) is 1. The van der Waals surface area contributed by atoms with Crippen LogP contribution in [0, 0.1) is 0 Å². The molecule has 1 aliphatic heterocycles. The second kappa shape index (κ2) is 7.84. The van der Waals surface area contributed by atoms with E-state index in [9.17, 15) is 5.11 Å².